The number of aromatic hydroxyl groups is 1. The van der Waals surface area contributed by atoms with Crippen LogP contribution in [0, 0.1) is 0 Å². The van der Waals surface area contributed by atoms with Crippen LogP contribution in [0.25, 0.3) is 0 Å². The van der Waals surface area contributed by atoms with Gasteiger partial charge in [-0.2, -0.15) is 0 Å². The minimum absolute atomic E-state index is 0.115. The molecule has 3 saturated heterocycles. The first-order valence-electron chi connectivity index (χ1n) is 9.62. The van der Waals surface area contributed by atoms with E-state index in [1.807, 2.05) is 27.7 Å². The average Bonchev–Trinajstić information content (AvgIpc) is 3.05. The first-order valence-corrected chi connectivity index (χ1v) is 11.0. The van der Waals surface area contributed by atoms with E-state index in [2.05, 4.69) is 5.32 Å². The average molecular weight is 454 g/mol. The fourth-order valence-corrected chi connectivity index (χ4v) is 6.40. The van der Waals surface area contributed by atoms with E-state index in [-0.39, 0.29) is 29.0 Å². The fraction of sp³-hybridized carbons (Fsp3) is 0.550. The van der Waals surface area contributed by atoms with Gasteiger partial charge in [0.05, 0.1) is 5.66 Å². The second-order valence-electron chi connectivity index (χ2n) is 8.71. The maximum Gasteiger partial charge on any atom is 0.331 e. The van der Waals surface area contributed by atoms with Crippen molar-refractivity contribution in [2.75, 3.05) is 6.07 Å². The molecule has 3 heterocycles. The number of nitrogens with one attached hydrogen (secondary N) is 1. The molecule has 0 saturated carbocycles. The van der Waals surface area contributed by atoms with Gasteiger partial charge in [0, 0.05) is 4.75 Å². The molecule has 0 radical (unpaired) electrons. The van der Waals surface area contributed by atoms with Crippen molar-refractivity contribution in [1.29, 1.82) is 0 Å². The van der Waals surface area contributed by atoms with Crippen LogP contribution in [-0.2, 0) is 19.1 Å². The van der Waals surface area contributed by atoms with Gasteiger partial charge in [-0.1, -0.05) is 23.7 Å². The quantitative estimate of drug-likeness (QED) is 0.407. The molecule has 8 nitrogen and oxygen atoms in total. The number of carbonyl (C=O) groups is 3. The second-order valence-corrected chi connectivity index (χ2v) is 10.7. The number of halogens is 1. The highest BCUT2D eigenvalue weighted by molar-refractivity contribution is 8.01. The van der Waals surface area contributed by atoms with E-state index in [4.69, 9.17) is 16.3 Å². The summed E-state index contributed by atoms with van der Waals surface area (Å²) < 4.78 is 4.40. The zero-order valence-corrected chi connectivity index (χ0v) is 18.7. The molecule has 1 unspecified atom stereocenters. The number of esters is 1. The predicted molar refractivity (Wildman–Crippen MR) is 112 cm³/mol. The first-order chi connectivity index (χ1) is 14.0. The Morgan fingerprint density at radius 2 is 1.83 bits per heavy atom. The van der Waals surface area contributed by atoms with Crippen LogP contribution in [0.1, 0.15) is 39.3 Å². The molecular weight excluding hydrogens is 430 g/mol. The molecule has 2 N–H and O–H groups in total. The zero-order valence-electron chi connectivity index (χ0n) is 17.1. The van der Waals surface area contributed by atoms with Crippen LogP contribution in [0.4, 0.5) is 0 Å². The lowest BCUT2D eigenvalue weighted by atomic mass is 9.94. The van der Waals surface area contributed by atoms with Crippen LogP contribution in [0.2, 0.25) is 0 Å². The lowest BCUT2D eigenvalue weighted by Crippen LogP contribution is -2.73. The molecule has 30 heavy (non-hydrogen) atoms. The van der Waals surface area contributed by atoms with E-state index in [9.17, 15) is 19.5 Å². The van der Waals surface area contributed by atoms with E-state index in [1.165, 1.54) is 28.8 Å². The number of rotatable bonds is 4. The highest BCUT2D eigenvalue weighted by atomic mass is 35.5. The molecule has 10 heteroatoms. The molecule has 3 aliphatic rings. The van der Waals surface area contributed by atoms with Gasteiger partial charge in [-0.15, -0.1) is 11.8 Å². The van der Waals surface area contributed by atoms with Gasteiger partial charge in [-0.05, 0) is 45.4 Å². The van der Waals surface area contributed by atoms with Gasteiger partial charge in [-0.3, -0.25) is 14.9 Å². The minimum Gasteiger partial charge on any atom is -0.508 e. The third-order valence-corrected chi connectivity index (χ3v) is 7.59. The smallest absolute Gasteiger partial charge is 0.331 e. The number of benzene rings is 1. The molecule has 0 aromatic heterocycles. The van der Waals surface area contributed by atoms with Gasteiger partial charge in [0.15, 0.2) is 6.07 Å². The Morgan fingerprint density at radius 1 is 1.20 bits per heavy atom. The monoisotopic (exact) mass is 453 g/mol. The van der Waals surface area contributed by atoms with Gasteiger partial charge in [-0.25, -0.2) is 4.79 Å². The van der Waals surface area contributed by atoms with Crippen molar-refractivity contribution in [1.82, 2.24) is 15.1 Å². The number of phenols is 1. The summed E-state index contributed by atoms with van der Waals surface area (Å²) in [5, 5.41) is 12.5. The lowest BCUT2D eigenvalue weighted by Gasteiger charge is -2.50. The molecule has 0 bridgehead atoms. The summed E-state index contributed by atoms with van der Waals surface area (Å²) in [6.45, 7) is 7.47. The number of nitrogens with zero attached hydrogens (tertiary/aromatic N) is 2. The van der Waals surface area contributed by atoms with E-state index in [0.717, 1.165) is 0 Å². The van der Waals surface area contributed by atoms with Gasteiger partial charge in [0.25, 0.3) is 0 Å². The molecule has 3 aliphatic heterocycles. The molecular formula is C20H24ClN3O5S. The number of thioether (sulfide) groups is 1. The Morgan fingerprint density at radius 3 is 2.43 bits per heavy atom. The second kappa shape index (κ2) is 7.03. The summed E-state index contributed by atoms with van der Waals surface area (Å²) >= 11 is 7.04. The Bertz CT molecular complexity index is 906. The number of hydrogen-bond donors (Lipinski definition) is 2. The number of carbonyl (C=O) groups excluding carboxylic acids is 3. The Kier molecular flexibility index (Phi) is 4.99. The maximum atomic E-state index is 13.4. The van der Waals surface area contributed by atoms with Crippen molar-refractivity contribution in [2.24, 2.45) is 0 Å². The molecule has 1 aromatic rings. The van der Waals surface area contributed by atoms with Crippen LogP contribution in [0.5, 0.6) is 5.75 Å². The standard InChI is InChI=1S/C20H24ClN3O5S/c1-19(2)14(18(28)29-9-21)23-16(27)13(17(23)30-19)24-15(26)12(22-20(24,3)4)10-5-7-11(25)8-6-10/h5-8,12-14,17,22,25H,9H2,1-4H3/t12?,13-,14+,17-/m1/s1. The SMILES string of the molecule is CC1(C)S[C@@H]2[C@H](N3C(=O)C(c4ccc(O)cc4)NC3(C)C)C(=O)N2[C@H]1C(=O)OCCl. The number of amides is 2. The molecule has 4 atom stereocenters. The molecule has 4 rings (SSSR count). The van der Waals surface area contributed by atoms with Crippen molar-refractivity contribution in [3.63, 3.8) is 0 Å². The third-order valence-electron chi connectivity index (χ3n) is 5.92. The number of alkyl halides is 1. The summed E-state index contributed by atoms with van der Waals surface area (Å²) in [7, 11) is 0. The Labute approximate surface area is 183 Å². The van der Waals surface area contributed by atoms with Crippen molar-refractivity contribution >= 4 is 41.1 Å². The molecule has 3 fully saturated rings. The van der Waals surface area contributed by atoms with Crippen LogP contribution in [0.15, 0.2) is 24.3 Å². The summed E-state index contributed by atoms with van der Waals surface area (Å²) in [6, 6.07) is 4.09. The van der Waals surface area contributed by atoms with Gasteiger partial charge >= 0.3 is 5.97 Å². The molecule has 0 spiro atoms. The lowest BCUT2D eigenvalue weighted by molar-refractivity contribution is -0.172. The molecule has 2 amide bonds. The number of β-lactam (4-membered cyclic amide) rings is 1. The number of fused-ring (bicyclic) bond motifs is 1. The van der Waals surface area contributed by atoms with Crippen molar-refractivity contribution in [2.45, 2.75) is 61.6 Å². The largest absolute Gasteiger partial charge is 0.508 e. The van der Waals surface area contributed by atoms with E-state index >= 15 is 0 Å². The van der Waals surface area contributed by atoms with Crippen molar-refractivity contribution in [3.8, 4) is 5.75 Å². The number of ether oxygens (including phenoxy) is 1. The molecule has 0 aliphatic carbocycles. The summed E-state index contributed by atoms with van der Waals surface area (Å²) in [5.74, 6) is -0.911. The van der Waals surface area contributed by atoms with Crippen LogP contribution in [-0.4, -0.2) is 66.6 Å². The van der Waals surface area contributed by atoms with E-state index < -0.39 is 34.5 Å². The van der Waals surface area contributed by atoms with E-state index in [1.54, 1.807) is 17.0 Å². The van der Waals surface area contributed by atoms with Crippen LogP contribution in [0.3, 0.4) is 0 Å². The summed E-state index contributed by atoms with van der Waals surface area (Å²) in [4.78, 5) is 42.1. The number of phenolic OH excluding ortho intramolecular Hbond substituents is 1. The highest BCUT2D eigenvalue weighted by Gasteiger charge is 2.68. The first kappa shape index (κ1) is 21.3. The van der Waals surface area contributed by atoms with Crippen molar-refractivity contribution in [3.05, 3.63) is 29.8 Å². The highest BCUT2D eigenvalue weighted by Crippen LogP contribution is 2.54. The van der Waals surface area contributed by atoms with Gasteiger partial charge in [0.1, 0.15) is 29.2 Å². The van der Waals surface area contributed by atoms with Crippen molar-refractivity contribution < 1.29 is 24.2 Å². The summed E-state index contributed by atoms with van der Waals surface area (Å²) in [6.07, 6.45) is 0. The fourth-order valence-electron chi connectivity index (χ4n) is 4.62. The van der Waals surface area contributed by atoms with Gasteiger partial charge < -0.3 is 19.6 Å². The summed E-state index contributed by atoms with van der Waals surface area (Å²) in [5.41, 5.74) is -0.0640. The molecule has 162 valence electrons. The third kappa shape index (κ3) is 3.06. The zero-order chi connectivity index (χ0) is 22.0. The molecule has 1 aromatic carbocycles. The normalized spacial score (nSPS) is 31.5. The van der Waals surface area contributed by atoms with E-state index in [0.29, 0.717) is 5.56 Å². The Balaban J connectivity index is 1.62. The topological polar surface area (TPSA) is 99.2 Å². The predicted octanol–water partition coefficient (Wildman–Crippen LogP) is 1.77. The Hall–Kier alpha value is -1.97. The maximum absolute atomic E-state index is 13.4. The number of hydrogen-bond acceptors (Lipinski definition) is 7. The van der Waals surface area contributed by atoms with Crippen LogP contribution < -0.4 is 5.32 Å². The minimum atomic E-state index is -0.772. The van der Waals surface area contributed by atoms with Crippen LogP contribution >= 0.6 is 23.4 Å². The van der Waals surface area contributed by atoms with Gasteiger partial charge in [0.2, 0.25) is 11.8 Å².